The molecule has 130 valence electrons. The number of rotatable bonds is 4. The molecule has 0 aromatic carbocycles. The minimum absolute atomic E-state index is 0.0176. The highest BCUT2D eigenvalue weighted by Crippen LogP contribution is 2.51. The number of aliphatic hydroxyl groups excluding tert-OH is 1. The summed E-state index contributed by atoms with van der Waals surface area (Å²) in [6.07, 6.45) is 4.55. The van der Waals surface area contributed by atoms with E-state index in [1.807, 2.05) is 0 Å². The Balaban J connectivity index is 2.26. The maximum atomic E-state index is 9.69. The van der Waals surface area contributed by atoms with Crippen LogP contribution in [0.25, 0.3) is 0 Å². The number of ether oxygens (including phenoxy) is 2. The van der Waals surface area contributed by atoms with Crippen LogP contribution in [0.4, 0.5) is 0 Å². The van der Waals surface area contributed by atoms with Gasteiger partial charge in [-0.25, -0.2) is 4.31 Å². The fourth-order valence-electron chi connectivity index (χ4n) is 4.08. The van der Waals surface area contributed by atoms with Crippen LogP contribution in [0.15, 0.2) is 0 Å². The van der Waals surface area contributed by atoms with E-state index in [1.54, 1.807) is 0 Å². The van der Waals surface area contributed by atoms with Crippen molar-refractivity contribution in [2.45, 2.75) is 83.6 Å². The zero-order valence-electron chi connectivity index (χ0n) is 14.8. The number of piperidine rings is 1. The van der Waals surface area contributed by atoms with E-state index in [-0.39, 0.29) is 23.1 Å². The molecule has 1 spiro atoms. The van der Waals surface area contributed by atoms with Gasteiger partial charge in [-0.1, -0.05) is 33.6 Å². The lowest BCUT2D eigenvalue weighted by atomic mass is 9.73. The smallest absolute Gasteiger partial charge is 0.171 e. The van der Waals surface area contributed by atoms with Gasteiger partial charge in [0.25, 0.3) is 0 Å². The predicted octanol–water partition coefficient (Wildman–Crippen LogP) is 3.40. The van der Waals surface area contributed by atoms with Crippen LogP contribution in [0.2, 0.25) is 0 Å². The normalized spacial score (nSPS) is 38.3. The lowest BCUT2D eigenvalue weighted by Crippen LogP contribution is -2.67. The molecule has 2 rings (SSSR count). The van der Waals surface area contributed by atoms with Crippen molar-refractivity contribution in [1.29, 1.82) is 0 Å². The third-order valence-electron chi connectivity index (χ3n) is 6.01. The zero-order chi connectivity index (χ0) is 16.6. The lowest BCUT2D eigenvalue weighted by Gasteiger charge is -2.60. The molecule has 0 radical (unpaired) electrons. The molecule has 0 aromatic heterocycles. The molecule has 4 nitrogen and oxygen atoms in total. The van der Waals surface area contributed by atoms with Gasteiger partial charge in [0.15, 0.2) is 5.79 Å². The van der Waals surface area contributed by atoms with Gasteiger partial charge in [0, 0.05) is 29.3 Å². The van der Waals surface area contributed by atoms with Crippen molar-refractivity contribution >= 4 is 12.8 Å². The first-order valence-corrected chi connectivity index (χ1v) is 9.01. The van der Waals surface area contributed by atoms with Crippen LogP contribution in [-0.2, 0) is 9.47 Å². The van der Waals surface area contributed by atoms with E-state index in [2.05, 4.69) is 38.9 Å². The SMILES string of the molecule is CCC1(CO)COC2(CC(C)(C)N(S)C(CC)(CC)C2)OC1. The van der Waals surface area contributed by atoms with E-state index < -0.39 is 5.79 Å². The van der Waals surface area contributed by atoms with Crippen molar-refractivity contribution in [2.75, 3.05) is 19.8 Å². The second-order valence-corrected chi connectivity index (χ2v) is 8.31. The van der Waals surface area contributed by atoms with Crippen molar-refractivity contribution in [1.82, 2.24) is 4.31 Å². The second kappa shape index (κ2) is 6.25. The summed E-state index contributed by atoms with van der Waals surface area (Å²) >= 11 is 4.84. The summed E-state index contributed by atoms with van der Waals surface area (Å²) in [5, 5.41) is 9.69. The summed E-state index contributed by atoms with van der Waals surface area (Å²) in [4.78, 5) is 0. The Morgan fingerprint density at radius 1 is 1.00 bits per heavy atom. The molecule has 2 saturated heterocycles. The van der Waals surface area contributed by atoms with Crippen molar-refractivity contribution in [3.8, 4) is 0 Å². The maximum Gasteiger partial charge on any atom is 0.171 e. The zero-order valence-corrected chi connectivity index (χ0v) is 15.7. The summed E-state index contributed by atoms with van der Waals surface area (Å²) < 4.78 is 14.8. The molecule has 0 bridgehead atoms. The molecular formula is C17H33NO3S. The minimum Gasteiger partial charge on any atom is -0.396 e. The monoisotopic (exact) mass is 331 g/mol. The topological polar surface area (TPSA) is 41.9 Å². The van der Waals surface area contributed by atoms with E-state index >= 15 is 0 Å². The van der Waals surface area contributed by atoms with Gasteiger partial charge in [0.1, 0.15) is 0 Å². The van der Waals surface area contributed by atoms with Gasteiger partial charge in [0.05, 0.1) is 19.8 Å². The molecule has 2 fully saturated rings. The maximum absolute atomic E-state index is 9.69. The minimum atomic E-state index is -0.539. The van der Waals surface area contributed by atoms with E-state index in [4.69, 9.17) is 22.3 Å². The molecule has 2 heterocycles. The summed E-state index contributed by atoms with van der Waals surface area (Å²) in [5.74, 6) is -0.539. The van der Waals surface area contributed by atoms with Gasteiger partial charge in [-0.3, -0.25) is 0 Å². The van der Waals surface area contributed by atoms with Crippen LogP contribution < -0.4 is 0 Å². The first-order valence-electron chi connectivity index (χ1n) is 8.61. The largest absolute Gasteiger partial charge is 0.396 e. The Hall–Kier alpha value is 0.190. The first-order chi connectivity index (χ1) is 10.2. The van der Waals surface area contributed by atoms with Gasteiger partial charge in [-0.15, -0.1) is 0 Å². The Morgan fingerprint density at radius 3 is 1.95 bits per heavy atom. The van der Waals surface area contributed by atoms with Crippen molar-refractivity contribution in [3.63, 3.8) is 0 Å². The number of nitrogens with zero attached hydrogens (tertiary/aromatic N) is 1. The van der Waals surface area contributed by atoms with Gasteiger partial charge in [0.2, 0.25) is 0 Å². The number of hydrogen-bond donors (Lipinski definition) is 2. The Morgan fingerprint density at radius 2 is 1.55 bits per heavy atom. The van der Waals surface area contributed by atoms with Crippen molar-refractivity contribution in [3.05, 3.63) is 0 Å². The van der Waals surface area contributed by atoms with Crippen LogP contribution in [0.5, 0.6) is 0 Å². The van der Waals surface area contributed by atoms with Gasteiger partial charge in [-0.05, 0) is 33.1 Å². The van der Waals surface area contributed by atoms with Crippen LogP contribution in [-0.4, -0.2) is 46.1 Å². The fraction of sp³-hybridized carbons (Fsp3) is 1.00. The molecule has 22 heavy (non-hydrogen) atoms. The summed E-state index contributed by atoms with van der Waals surface area (Å²) in [6.45, 7) is 12.2. The van der Waals surface area contributed by atoms with Crippen molar-refractivity contribution < 1.29 is 14.6 Å². The number of hydrogen-bond acceptors (Lipinski definition) is 5. The number of aliphatic hydroxyl groups is 1. The van der Waals surface area contributed by atoms with E-state index in [0.29, 0.717) is 13.2 Å². The molecule has 1 N–H and O–H groups in total. The van der Waals surface area contributed by atoms with Crippen LogP contribution in [0, 0.1) is 5.41 Å². The highest BCUT2D eigenvalue weighted by molar-refractivity contribution is 7.77. The van der Waals surface area contributed by atoms with E-state index in [9.17, 15) is 5.11 Å². The van der Waals surface area contributed by atoms with Crippen LogP contribution in [0.1, 0.15) is 66.7 Å². The highest BCUT2D eigenvalue weighted by Gasteiger charge is 2.57. The predicted molar refractivity (Wildman–Crippen MR) is 91.9 cm³/mol. The Labute approximate surface area is 141 Å². The Kier molecular flexibility index (Phi) is 5.26. The molecule has 5 heteroatoms. The molecule has 0 saturated carbocycles. The van der Waals surface area contributed by atoms with Crippen LogP contribution >= 0.6 is 12.8 Å². The molecular weight excluding hydrogens is 298 g/mol. The van der Waals surface area contributed by atoms with Gasteiger partial charge >= 0.3 is 0 Å². The molecule has 2 aliphatic heterocycles. The van der Waals surface area contributed by atoms with E-state index in [1.165, 1.54) is 0 Å². The third-order valence-corrected chi connectivity index (χ3v) is 6.97. The average molecular weight is 332 g/mol. The molecule has 0 aromatic rings. The second-order valence-electron chi connectivity index (χ2n) is 7.91. The highest BCUT2D eigenvalue weighted by atomic mass is 32.1. The first kappa shape index (κ1) is 18.5. The molecule has 0 aliphatic carbocycles. The van der Waals surface area contributed by atoms with E-state index in [0.717, 1.165) is 32.1 Å². The molecule has 0 amide bonds. The fourth-order valence-corrected chi connectivity index (χ4v) is 4.50. The third kappa shape index (κ3) is 2.95. The summed E-state index contributed by atoms with van der Waals surface area (Å²) in [6, 6.07) is 0. The Bertz CT molecular complexity index is 381. The quantitative estimate of drug-likeness (QED) is 0.775. The molecule has 0 atom stereocenters. The summed E-state index contributed by atoms with van der Waals surface area (Å²) in [7, 11) is 0. The van der Waals surface area contributed by atoms with Gasteiger partial charge in [-0.2, -0.15) is 0 Å². The summed E-state index contributed by atoms with van der Waals surface area (Å²) in [5.41, 5.74) is -0.357. The number of thiol groups is 1. The van der Waals surface area contributed by atoms with Crippen molar-refractivity contribution in [2.24, 2.45) is 5.41 Å². The molecule has 0 unspecified atom stereocenters. The lowest BCUT2D eigenvalue weighted by molar-refractivity contribution is -0.341. The average Bonchev–Trinajstić information content (AvgIpc) is 2.52. The van der Waals surface area contributed by atoms with Gasteiger partial charge < -0.3 is 14.6 Å². The van der Waals surface area contributed by atoms with Crippen LogP contribution in [0.3, 0.4) is 0 Å². The molecule has 2 aliphatic rings. The standard InChI is InChI=1S/C17H33NO3S/c1-6-15(11-19)12-20-17(21-13-15)9-14(4,5)18(22)16(7-2,8-3)10-17/h19,22H,6-13H2,1-5H3.